The molecule has 1 N–H and O–H groups in total. The fourth-order valence-corrected chi connectivity index (χ4v) is 2.75. The van der Waals surface area contributed by atoms with E-state index >= 15 is 0 Å². The van der Waals surface area contributed by atoms with Gasteiger partial charge >= 0.3 is 0 Å². The van der Waals surface area contributed by atoms with Gasteiger partial charge < -0.3 is 14.2 Å². The number of carbonyl (C=O) groups is 1. The maximum atomic E-state index is 12.3. The van der Waals surface area contributed by atoms with Gasteiger partial charge in [0.1, 0.15) is 5.75 Å². The Morgan fingerprint density at radius 2 is 1.89 bits per heavy atom. The van der Waals surface area contributed by atoms with Crippen LogP contribution in [0.15, 0.2) is 46.0 Å². The third kappa shape index (κ3) is 5.99. The molecule has 6 nitrogen and oxygen atoms in total. The molecule has 1 amide bonds. The Balaban J connectivity index is 2.02. The summed E-state index contributed by atoms with van der Waals surface area (Å²) in [5, 5.41) is 4.01. The summed E-state index contributed by atoms with van der Waals surface area (Å²) in [7, 11) is 1.55. The van der Waals surface area contributed by atoms with Crippen LogP contribution >= 0.6 is 15.9 Å². The van der Waals surface area contributed by atoms with Crippen LogP contribution in [0.4, 0.5) is 0 Å². The molecule has 0 saturated carbocycles. The molecule has 2 aromatic carbocycles. The van der Waals surface area contributed by atoms with Gasteiger partial charge in [-0.3, -0.25) is 4.79 Å². The van der Waals surface area contributed by atoms with E-state index in [1.54, 1.807) is 31.5 Å². The van der Waals surface area contributed by atoms with E-state index in [0.29, 0.717) is 30.3 Å². The molecular weight excluding hydrogens is 412 g/mol. The zero-order valence-corrected chi connectivity index (χ0v) is 17.2. The van der Waals surface area contributed by atoms with E-state index in [1.165, 1.54) is 0 Å². The number of methoxy groups -OCH3 is 1. The Kier molecular flexibility index (Phi) is 8.13. The van der Waals surface area contributed by atoms with Crippen molar-refractivity contribution < 1.29 is 19.0 Å². The highest BCUT2D eigenvalue weighted by molar-refractivity contribution is 9.10. The molecule has 0 fully saturated rings. The lowest BCUT2D eigenvalue weighted by Crippen LogP contribution is -2.17. The zero-order chi connectivity index (χ0) is 19.6. The predicted octanol–water partition coefficient (Wildman–Crippen LogP) is 4.41. The minimum Gasteiger partial charge on any atom is -0.493 e. The molecule has 27 heavy (non-hydrogen) atoms. The van der Waals surface area contributed by atoms with Gasteiger partial charge in [-0.05, 0) is 71.2 Å². The minimum absolute atomic E-state index is 0.336. The van der Waals surface area contributed by atoms with Crippen molar-refractivity contribution in [1.82, 2.24) is 5.43 Å². The van der Waals surface area contributed by atoms with Crippen LogP contribution in [0.3, 0.4) is 0 Å². The van der Waals surface area contributed by atoms with Crippen molar-refractivity contribution in [1.29, 1.82) is 0 Å². The first-order valence-corrected chi connectivity index (χ1v) is 9.44. The van der Waals surface area contributed by atoms with Crippen molar-refractivity contribution >= 4 is 28.1 Å². The van der Waals surface area contributed by atoms with Crippen molar-refractivity contribution in [2.75, 3.05) is 20.3 Å². The quantitative estimate of drug-likeness (QED) is 0.468. The molecule has 144 valence electrons. The summed E-state index contributed by atoms with van der Waals surface area (Å²) < 4.78 is 17.1. The smallest absolute Gasteiger partial charge is 0.271 e. The highest BCUT2D eigenvalue weighted by Crippen LogP contribution is 2.28. The molecule has 2 rings (SSSR count). The van der Waals surface area contributed by atoms with Gasteiger partial charge in [0, 0.05) is 5.56 Å². The summed E-state index contributed by atoms with van der Waals surface area (Å²) in [6.07, 6.45) is 2.51. The number of amides is 1. The highest BCUT2D eigenvalue weighted by Gasteiger charge is 2.10. The van der Waals surface area contributed by atoms with E-state index < -0.39 is 0 Å². The molecule has 0 atom stereocenters. The molecule has 2 aromatic rings. The van der Waals surface area contributed by atoms with Crippen molar-refractivity contribution in [2.24, 2.45) is 5.10 Å². The van der Waals surface area contributed by atoms with Crippen LogP contribution < -0.4 is 19.6 Å². The summed E-state index contributed by atoms with van der Waals surface area (Å²) in [5.41, 5.74) is 3.77. The molecule has 0 saturated heterocycles. The van der Waals surface area contributed by atoms with E-state index in [2.05, 4.69) is 33.4 Å². The molecular formula is C20H23BrN2O4. The second-order valence-corrected chi connectivity index (χ2v) is 6.39. The van der Waals surface area contributed by atoms with E-state index in [4.69, 9.17) is 14.2 Å². The molecule has 7 heteroatoms. The first-order valence-electron chi connectivity index (χ1n) is 8.65. The Bertz CT molecular complexity index is 809. The second kappa shape index (κ2) is 10.6. The topological polar surface area (TPSA) is 69.2 Å². The number of hydrogen-bond donors (Lipinski definition) is 1. The van der Waals surface area contributed by atoms with Gasteiger partial charge in [0.15, 0.2) is 11.5 Å². The van der Waals surface area contributed by atoms with Crippen molar-refractivity contribution in [3.8, 4) is 17.2 Å². The van der Waals surface area contributed by atoms with E-state index in [-0.39, 0.29) is 5.91 Å². The van der Waals surface area contributed by atoms with E-state index in [9.17, 15) is 4.79 Å². The number of ether oxygens (including phenoxy) is 3. The van der Waals surface area contributed by atoms with Crippen LogP contribution in [0.5, 0.6) is 17.2 Å². The lowest BCUT2D eigenvalue weighted by Gasteiger charge is -2.10. The van der Waals surface area contributed by atoms with Gasteiger partial charge in [-0.1, -0.05) is 6.92 Å². The molecule has 0 aliphatic carbocycles. The minimum atomic E-state index is -0.336. The third-order valence-electron chi connectivity index (χ3n) is 3.52. The number of hydrogen-bond acceptors (Lipinski definition) is 5. The molecule has 0 radical (unpaired) electrons. The second-order valence-electron chi connectivity index (χ2n) is 5.54. The van der Waals surface area contributed by atoms with Gasteiger partial charge in [-0.2, -0.15) is 5.10 Å². The Hall–Kier alpha value is -2.54. The van der Waals surface area contributed by atoms with Gasteiger partial charge in [0.25, 0.3) is 5.91 Å². The van der Waals surface area contributed by atoms with Crippen molar-refractivity contribution in [2.45, 2.75) is 20.3 Å². The maximum absolute atomic E-state index is 12.3. The summed E-state index contributed by atoms with van der Waals surface area (Å²) in [6.45, 7) is 5.06. The molecule has 0 unspecified atom stereocenters. The number of rotatable bonds is 9. The fourth-order valence-electron chi connectivity index (χ4n) is 2.24. The van der Waals surface area contributed by atoms with Crippen LogP contribution in [-0.2, 0) is 0 Å². The van der Waals surface area contributed by atoms with E-state index in [1.807, 2.05) is 25.1 Å². The fraction of sp³-hybridized carbons (Fsp3) is 0.300. The van der Waals surface area contributed by atoms with Gasteiger partial charge in [0.05, 0.1) is 31.0 Å². The number of nitrogens with zero attached hydrogens (tertiary/aromatic N) is 1. The van der Waals surface area contributed by atoms with Crippen LogP contribution in [-0.4, -0.2) is 32.4 Å². The lowest BCUT2D eigenvalue weighted by atomic mass is 10.2. The van der Waals surface area contributed by atoms with Crippen molar-refractivity contribution in [3.05, 3.63) is 52.0 Å². The average Bonchev–Trinajstić information content (AvgIpc) is 2.67. The number of carbonyl (C=O) groups excluding carboxylic acids is 1. The van der Waals surface area contributed by atoms with Gasteiger partial charge in [0.2, 0.25) is 0 Å². The van der Waals surface area contributed by atoms with E-state index in [0.717, 1.165) is 22.2 Å². The average molecular weight is 435 g/mol. The lowest BCUT2D eigenvalue weighted by molar-refractivity contribution is 0.0954. The summed E-state index contributed by atoms with van der Waals surface area (Å²) in [5.74, 6) is 1.53. The van der Waals surface area contributed by atoms with Crippen molar-refractivity contribution in [3.63, 3.8) is 0 Å². The molecule has 0 spiro atoms. The summed E-state index contributed by atoms with van der Waals surface area (Å²) in [4.78, 5) is 12.3. The first-order chi connectivity index (χ1) is 13.1. The monoisotopic (exact) mass is 434 g/mol. The summed E-state index contributed by atoms with van der Waals surface area (Å²) in [6, 6.07) is 10.6. The van der Waals surface area contributed by atoms with Crippen LogP contribution in [0.1, 0.15) is 36.2 Å². The maximum Gasteiger partial charge on any atom is 0.271 e. The van der Waals surface area contributed by atoms with Crippen LogP contribution in [0, 0.1) is 0 Å². The van der Waals surface area contributed by atoms with Gasteiger partial charge in [-0.15, -0.1) is 0 Å². The largest absolute Gasteiger partial charge is 0.493 e. The Morgan fingerprint density at radius 3 is 2.56 bits per heavy atom. The molecule has 0 aliphatic heterocycles. The Morgan fingerprint density at radius 1 is 1.11 bits per heavy atom. The molecule has 0 aliphatic rings. The number of halogens is 1. The standard InChI is InChI=1S/C20H23BrN2O4/c1-4-10-27-17-8-6-14(11-16(17)21)13-22-23-20(24)15-7-9-18(25-3)19(12-15)26-5-2/h6-9,11-13H,4-5,10H2,1-3H3,(H,23,24)/b22-13+. The zero-order valence-electron chi connectivity index (χ0n) is 15.6. The van der Waals surface area contributed by atoms with Crippen LogP contribution in [0.25, 0.3) is 0 Å². The molecule has 0 heterocycles. The SMILES string of the molecule is CCCOc1ccc(/C=N/NC(=O)c2ccc(OC)c(OCC)c2)cc1Br. The van der Waals surface area contributed by atoms with Crippen LogP contribution in [0.2, 0.25) is 0 Å². The van der Waals surface area contributed by atoms with Gasteiger partial charge in [-0.25, -0.2) is 5.43 Å². The highest BCUT2D eigenvalue weighted by atomic mass is 79.9. The predicted molar refractivity (Wildman–Crippen MR) is 109 cm³/mol. The number of hydrazone groups is 1. The molecule has 0 bridgehead atoms. The Labute approximate surface area is 167 Å². The third-order valence-corrected chi connectivity index (χ3v) is 4.14. The first kappa shape index (κ1) is 20.8. The molecule has 0 aromatic heterocycles. The normalized spacial score (nSPS) is 10.7. The summed E-state index contributed by atoms with van der Waals surface area (Å²) >= 11 is 3.47. The number of nitrogens with one attached hydrogen (secondary N) is 1. The number of benzene rings is 2.